The minimum Gasteiger partial charge on any atom is -0.469 e. The normalized spacial score (nSPS) is 13.6. The highest BCUT2D eigenvalue weighted by Gasteiger charge is 2.19. The Balaban J connectivity index is 1.65. The molecule has 1 heterocycles. The van der Waals surface area contributed by atoms with E-state index in [9.17, 15) is 4.39 Å². The van der Waals surface area contributed by atoms with E-state index in [2.05, 4.69) is 24.4 Å². The van der Waals surface area contributed by atoms with Crippen molar-refractivity contribution in [3.63, 3.8) is 0 Å². The van der Waals surface area contributed by atoms with E-state index in [1.807, 2.05) is 36.4 Å². The van der Waals surface area contributed by atoms with Gasteiger partial charge in [0.2, 0.25) is 0 Å². The molecule has 0 saturated carbocycles. The molecule has 0 saturated heterocycles. The first-order valence-corrected chi connectivity index (χ1v) is 8.89. The van der Waals surface area contributed by atoms with Gasteiger partial charge in [0.1, 0.15) is 17.6 Å². The summed E-state index contributed by atoms with van der Waals surface area (Å²) in [7, 11) is 0. The van der Waals surface area contributed by atoms with Crippen molar-refractivity contribution in [3.8, 4) is 0 Å². The highest BCUT2D eigenvalue weighted by Crippen LogP contribution is 2.28. The van der Waals surface area contributed by atoms with Crippen molar-refractivity contribution < 1.29 is 14.1 Å². The predicted octanol–water partition coefficient (Wildman–Crippen LogP) is 4.92. The maximum atomic E-state index is 13.2. The van der Waals surface area contributed by atoms with Crippen LogP contribution in [0.15, 0.2) is 71.3 Å². The van der Waals surface area contributed by atoms with Crippen LogP contribution in [0, 0.1) is 5.82 Å². The first-order chi connectivity index (χ1) is 12.1. The van der Waals surface area contributed by atoms with Crippen molar-refractivity contribution >= 4 is 11.6 Å². The molecule has 0 fully saturated rings. The Labute approximate surface area is 152 Å². The van der Waals surface area contributed by atoms with Crippen LogP contribution in [0.25, 0.3) is 0 Å². The average Bonchev–Trinajstić information content (AvgIpc) is 3.14. The van der Waals surface area contributed by atoms with Crippen LogP contribution in [0.2, 0.25) is 5.02 Å². The number of quaternary nitrogens is 1. The second kappa shape index (κ2) is 8.32. The smallest absolute Gasteiger partial charge is 0.123 e. The molecule has 0 aliphatic rings. The van der Waals surface area contributed by atoms with Crippen LogP contribution >= 0.6 is 11.6 Å². The maximum absolute atomic E-state index is 13.2. The van der Waals surface area contributed by atoms with Crippen molar-refractivity contribution in [1.82, 2.24) is 0 Å². The molecule has 0 radical (unpaired) electrons. The minimum atomic E-state index is -0.218. The Morgan fingerprint density at radius 1 is 1.00 bits per heavy atom. The molecule has 2 atom stereocenters. The largest absolute Gasteiger partial charge is 0.469 e. The lowest BCUT2D eigenvalue weighted by Crippen LogP contribution is -2.84. The molecule has 4 heteroatoms. The van der Waals surface area contributed by atoms with Gasteiger partial charge in [0, 0.05) is 22.9 Å². The van der Waals surface area contributed by atoms with Crippen LogP contribution in [0.5, 0.6) is 0 Å². The topological polar surface area (TPSA) is 29.8 Å². The van der Waals surface area contributed by atoms with Crippen LogP contribution in [0.3, 0.4) is 0 Å². The van der Waals surface area contributed by atoms with Gasteiger partial charge in [-0.3, -0.25) is 0 Å². The monoisotopic (exact) mass is 358 g/mol. The fraction of sp³-hybridized carbons (Fsp3) is 0.238. The molecule has 0 spiro atoms. The van der Waals surface area contributed by atoms with E-state index in [1.54, 1.807) is 6.26 Å². The van der Waals surface area contributed by atoms with E-state index >= 15 is 0 Å². The molecule has 2 N–H and O–H groups in total. The van der Waals surface area contributed by atoms with Crippen molar-refractivity contribution in [3.05, 3.63) is 94.7 Å². The fourth-order valence-electron chi connectivity index (χ4n) is 3.07. The number of benzene rings is 2. The van der Waals surface area contributed by atoms with Crippen molar-refractivity contribution in [2.24, 2.45) is 0 Å². The molecule has 1 aromatic heterocycles. The highest BCUT2D eigenvalue weighted by atomic mass is 35.5. The standard InChI is InChI=1S/C21H21ClFNO/c1-15(16-4-8-18(22)9-5-16)24-13-12-20(21-3-2-14-25-21)17-6-10-19(23)11-7-17/h2-11,14-15,20,24H,12-13H2,1H3/p+1/t15-,20-/m1/s1. The lowest BCUT2D eigenvalue weighted by Gasteiger charge is -2.17. The van der Waals surface area contributed by atoms with E-state index in [0.29, 0.717) is 6.04 Å². The van der Waals surface area contributed by atoms with E-state index in [1.165, 1.54) is 17.7 Å². The van der Waals surface area contributed by atoms with Crippen LogP contribution in [0.4, 0.5) is 4.39 Å². The Hall–Kier alpha value is -2.10. The molecule has 3 rings (SSSR count). The summed E-state index contributed by atoms with van der Waals surface area (Å²) < 4.78 is 18.8. The molecule has 0 unspecified atom stereocenters. The van der Waals surface area contributed by atoms with Gasteiger partial charge in [0.25, 0.3) is 0 Å². The molecule has 0 bridgehead atoms. The van der Waals surface area contributed by atoms with Gasteiger partial charge in [-0.1, -0.05) is 35.9 Å². The van der Waals surface area contributed by atoms with E-state index < -0.39 is 0 Å². The number of rotatable bonds is 7. The Morgan fingerprint density at radius 2 is 1.68 bits per heavy atom. The highest BCUT2D eigenvalue weighted by molar-refractivity contribution is 6.30. The molecule has 25 heavy (non-hydrogen) atoms. The van der Waals surface area contributed by atoms with Crippen LogP contribution in [0.1, 0.15) is 42.2 Å². The third kappa shape index (κ3) is 4.71. The van der Waals surface area contributed by atoms with Crippen LogP contribution < -0.4 is 5.32 Å². The number of hydrogen-bond donors (Lipinski definition) is 1. The molecule has 0 aliphatic carbocycles. The Morgan fingerprint density at radius 3 is 2.32 bits per heavy atom. The van der Waals surface area contributed by atoms with Gasteiger partial charge < -0.3 is 9.73 Å². The predicted molar refractivity (Wildman–Crippen MR) is 98.2 cm³/mol. The maximum Gasteiger partial charge on any atom is 0.123 e. The summed E-state index contributed by atoms with van der Waals surface area (Å²) in [5, 5.41) is 3.06. The quantitative estimate of drug-likeness (QED) is 0.638. The molecular weight excluding hydrogens is 337 g/mol. The van der Waals surface area contributed by atoms with Gasteiger partial charge in [-0.15, -0.1) is 0 Å². The van der Waals surface area contributed by atoms with Crippen molar-refractivity contribution in [2.45, 2.75) is 25.3 Å². The zero-order chi connectivity index (χ0) is 17.6. The Bertz CT molecular complexity index is 769. The molecule has 0 amide bonds. The van der Waals surface area contributed by atoms with Gasteiger partial charge >= 0.3 is 0 Å². The van der Waals surface area contributed by atoms with Gasteiger partial charge in [-0.25, -0.2) is 4.39 Å². The van der Waals surface area contributed by atoms with Crippen LogP contribution in [-0.4, -0.2) is 6.54 Å². The summed E-state index contributed by atoms with van der Waals surface area (Å²) in [5.74, 6) is 0.827. The molecule has 2 nitrogen and oxygen atoms in total. The summed E-state index contributed by atoms with van der Waals surface area (Å²) >= 11 is 5.95. The van der Waals surface area contributed by atoms with E-state index in [4.69, 9.17) is 16.0 Å². The Kier molecular flexibility index (Phi) is 5.90. The third-order valence-corrected chi connectivity index (χ3v) is 4.78. The molecule has 130 valence electrons. The summed E-state index contributed by atoms with van der Waals surface area (Å²) in [6, 6.07) is 18.9. The molecule has 0 aliphatic heterocycles. The van der Waals surface area contributed by atoms with Gasteiger partial charge in [-0.2, -0.15) is 0 Å². The number of halogens is 2. The average molecular weight is 359 g/mol. The molecule has 2 aromatic carbocycles. The van der Waals surface area contributed by atoms with Crippen molar-refractivity contribution in [2.75, 3.05) is 6.54 Å². The van der Waals surface area contributed by atoms with Gasteiger partial charge in [-0.05, 0) is 48.9 Å². The van der Waals surface area contributed by atoms with Crippen LogP contribution in [-0.2, 0) is 0 Å². The SMILES string of the molecule is C[C@@H]([NH2+]CC[C@H](c1ccc(F)cc1)c1ccco1)c1ccc(Cl)cc1. The van der Waals surface area contributed by atoms with Gasteiger partial charge in [0.05, 0.1) is 12.8 Å². The van der Waals surface area contributed by atoms with E-state index in [0.717, 1.165) is 29.3 Å². The molecular formula is C21H22ClFNO+. The van der Waals surface area contributed by atoms with Crippen molar-refractivity contribution in [1.29, 1.82) is 0 Å². The summed E-state index contributed by atoms with van der Waals surface area (Å²) in [5.41, 5.74) is 2.32. The first-order valence-electron chi connectivity index (χ1n) is 8.51. The second-order valence-electron chi connectivity index (χ2n) is 6.27. The van der Waals surface area contributed by atoms with E-state index in [-0.39, 0.29) is 11.7 Å². The lowest BCUT2D eigenvalue weighted by atomic mass is 9.93. The second-order valence-corrected chi connectivity index (χ2v) is 6.71. The summed E-state index contributed by atoms with van der Waals surface area (Å²) in [6.45, 7) is 3.12. The first kappa shape index (κ1) is 17.7. The number of furan rings is 1. The summed E-state index contributed by atoms with van der Waals surface area (Å²) in [6.07, 6.45) is 2.60. The summed E-state index contributed by atoms with van der Waals surface area (Å²) in [4.78, 5) is 0. The lowest BCUT2D eigenvalue weighted by molar-refractivity contribution is -0.693. The van der Waals surface area contributed by atoms with Gasteiger partial charge in [0.15, 0.2) is 0 Å². The fourth-order valence-corrected chi connectivity index (χ4v) is 3.20. The number of hydrogen-bond acceptors (Lipinski definition) is 1. The zero-order valence-electron chi connectivity index (χ0n) is 14.2. The third-order valence-electron chi connectivity index (χ3n) is 4.53. The number of nitrogens with two attached hydrogens (primary N) is 1. The minimum absolute atomic E-state index is 0.129. The molecule has 3 aromatic rings. The zero-order valence-corrected chi connectivity index (χ0v) is 14.9.